The zero-order valence-corrected chi connectivity index (χ0v) is 11.6. The summed E-state index contributed by atoms with van der Waals surface area (Å²) in [5.41, 5.74) is 1.62. The molecule has 21 heavy (non-hydrogen) atoms. The topological polar surface area (TPSA) is 113 Å². The summed E-state index contributed by atoms with van der Waals surface area (Å²) in [5.74, 6) is -1.11. The van der Waals surface area contributed by atoms with Gasteiger partial charge in [-0.25, -0.2) is 5.48 Å². The van der Waals surface area contributed by atoms with Gasteiger partial charge in [0.15, 0.2) is 0 Å². The van der Waals surface area contributed by atoms with E-state index in [1.807, 2.05) is 6.92 Å². The number of benzene rings is 1. The molecule has 0 spiro atoms. The predicted molar refractivity (Wildman–Crippen MR) is 73.8 cm³/mol. The Morgan fingerprint density at radius 1 is 1.33 bits per heavy atom. The molecule has 1 aromatic rings. The third-order valence-electron chi connectivity index (χ3n) is 2.85. The first kappa shape index (κ1) is 16.6. The largest absolute Gasteiger partial charge is 0.329 e. The smallest absolute Gasteiger partial charge is 0.269 e. The number of nitro groups is 1. The van der Waals surface area contributed by atoms with Gasteiger partial charge in [0.2, 0.25) is 0 Å². The first-order valence-corrected chi connectivity index (χ1v) is 6.46. The SMILES string of the molecule is CCCCN(CC(=O)NO)C(=O)c1ccc([N+](=O)[O-])cc1. The molecule has 0 saturated carbocycles. The lowest BCUT2D eigenvalue weighted by Gasteiger charge is -2.21. The number of carbonyl (C=O) groups is 2. The highest BCUT2D eigenvalue weighted by atomic mass is 16.6. The lowest BCUT2D eigenvalue weighted by molar-refractivity contribution is -0.384. The molecule has 8 nitrogen and oxygen atoms in total. The van der Waals surface area contributed by atoms with Crippen LogP contribution in [0.1, 0.15) is 30.1 Å². The van der Waals surface area contributed by atoms with Gasteiger partial charge in [0.1, 0.15) is 6.54 Å². The van der Waals surface area contributed by atoms with Crippen molar-refractivity contribution < 1.29 is 19.7 Å². The van der Waals surface area contributed by atoms with E-state index in [0.29, 0.717) is 13.0 Å². The average molecular weight is 295 g/mol. The number of carbonyl (C=O) groups excluding carboxylic acids is 2. The second-order valence-corrected chi connectivity index (χ2v) is 4.42. The summed E-state index contributed by atoms with van der Waals surface area (Å²) in [6.07, 6.45) is 1.54. The highest BCUT2D eigenvalue weighted by molar-refractivity contribution is 5.96. The fraction of sp³-hybridized carbons (Fsp3) is 0.385. The maximum absolute atomic E-state index is 12.3. The Balaban J connectivity index is 2.87. The van der Waals surface area contributed by atoms with Crippen LogP contribution >= 0.6 is 0 Å². The number of non-ortho nitro benzene ring substituents is 1. The van der Waals surface area contributed by atoms with Crippen molar-refractivity contribution in [2.45, 2.75) is 19.8 Å². The molecular formula is C13H17N3O5. The summed E-state index contributed by atoms with van der Waals surface area (Å²) in [5, 5.41) is 19.1. The summed E-state index contributed by atoms with van der Waals surface area (Å²) >= 11 is 0. The van der Waals surface area contributed by atoms with E-state index in [2.05, 4.69) is 0 Å². The van der Waals surface area contributed by atoms with Crippen LogP contribution in [0.3, 0.4) is 0 Å². The Morgan fingerprint density at radius 3 is 2.43 bits per heavy atom. The van der Waals surface area contributed by atoms with Gasteiger partial charge in [0.25, 0.3) is 17.5 Å². The number of hydrogen-bond acceptors (Lipinski definition) is 5. The molecule has 0 aliphatic carbocycles. The van der Waals surface area contributed by atoms with Crippen molar-refractivity contribution in [2.75, 3.05) is 13.1 Å². The fourth-order valence-electron chi connectivity index (χ4n) is 1.72. The van der Waals surface area contributed by atoms with Crippen molar-refractivity contribution in [3.8, 4) is 0 Å². The zero-order chi connectivity index (χ0) is 15.8. The molecule has 0 aliphatic heterocycles. The van der Waals surface area contributed by atoms with Crippen molar-refractivity contribution in [3.63, 3.8) is 0 Å². The molecule has 0 saturated heterocycles. The van der Waals surface area contributed by atoms with E-state index >= 15 is 0 Å². The van der Waals surface area contributed by atoms with E-state index in [4.69, 9.17) is 5.21 Å². The number of rotatable bonds is 7. The van der Waals surface area contributed by atoms with Crippen molar-refractivity contribution in [1.82, 2.24) is 10.4 Å². The van der Waals surface area contributed by atoms with E-state index in [1.54, 1.807) is 0 Å². The molecule has 0 atom stereocenters. The van der Waals surface area contributed by atoms with Gasteiger partial charge in [-0.1, -0.05) is 13.3 Å². The summed E-state index contributed by atoms with van der Waals surface area (Å²) in [4.78, 5) is 34.8. The molecule has 8 heteroatoms. The van der Waals surface area contributed by atoms with Crippen LogP contribution in [0.15, 0.2) is 24.3 Å². The first-order valence-electron chi connectivity index (χ1n) is 6.46. The highest BCUT2D eigenvalue weighted by Gasteiger charge is 2.19. The molecule has 1 rings (SSSR count). The Hall–Kier alpha value is -2.48. The molecule has 0 aromatic heterocycles. The van der Waals surface area contributed by atoms with Crippen molar-refractivity contribution >= 4 is 17.5 Å². The van der Waals surface area contributed by atoms with Crippen LogP contribution in [0.25, 0.3) is 0 Å². The van der Waals surface area contributed by atoms with Gasteiger partial charge in [-0.05, 0) is 18.6 Å². The van der Waals surface area contributed by atoms with Crippen LogP contribution in [0, 0.1) is 10.1 Å². The summed E-state index contributed by atoms with van der Waals surface area (Å²) in [7, 11) is 0. The number of hydrogen-bond donors (Lipinski definition) is 2. The third kappa shape index (κ3) is 4.84. The molecule has 0 bridgehead atoms. The minimum atomic E-state index is -0.693. The van der Waals surface area contributed by atoms with E-state index in [0.717, 1.165) is 6.42 Å². The van der Waals surface area contributed by atoms with Crippen LogP contribution in [0.2, 0.25) is 0 Å². The average Bonchev–Trinajstić information content (AvgIpc) is 2.50. The fourth-order valence-corrected chi connectivity index (χ4v) is 1.72. The van der Waals surface area contributed by atoms with E-state index in [1.165, 1.54) is 34.6 Å². The Labute approximate surface area is 121 Å². The number of amides is 2. The molecule has 114 valence electrons. The number of unbranched alkanes of at least 4 members (excludes halogenated alkanes) is 1. The van der Waals surface area contributed by atoms with E-state index in [-0.39, 0.29) is 17.8 Å². The molecule has 0 heterocycles. The molecular weight excluding hydrogens is 278 g/mol. The number of hydroxylamine groups is 1. The quantitative estimate of drug-likeness (QED) is 0.448. The maximum atomic E-state index is 12.3. The molecule has 0 fully saturated rings. The Morgan fingerprint density at radius 2 is 1.95 bits per heavy atom. The maximum Gasteiger partial charge on any atom is 0.269 e. The molecule has 0 aliphatic rings. The second kappa shape index (κ2) is 7.95. The lowest BCUT2D eigenvalue weighted by atomic mass is 10.1. The van der Waals surface area contributed by atoms with Gasteiger partial charge in [-0.3, -0.25) is 24.9 Å². The molecule has 2 N–H and O–H groups in total. The van der Waals surface area contributed by atoms with Gasteiger partial charge < -0.3 is 4.90 Å². The number of nitrogens with one attached hydrogen (secondary N) is 1. The second-order valence-electron chi connectivity index (χ2n) is 4.42. The molecule has 2 amide bonds. The monoisotopic (exact) mass is 295 g/mol. The molecule has 1 aromatic carbocycles. The van der Waals surface area contributed by atoms with Crippen LogP contribution in [0.5, 0.6) is 0 Å². The number of nitrogens with zero attached hydrogens (tertiary/aromatic N) is 2. The normalized spacial score (nSPS) is 10.0. The van der Waals surface area contributed by atoms with Crippen LogP contribution in [-0.4, -0.2) is 39.9 Å². The van der Waals surface area contributed by atoms with Crippen molar-refractivity contribution in [1.29, 1.82) is 0 Å². The predicted octanol–water partition coefficient (Wildman–Crippen LogP) is 1.34. The number of nitro benzene ring substituents is 1. The van der Waals surface area contributed by atoms with Gasteiger partial charge in [0.05, 0.1) is 4.92 Å². The summed E-state index contributed by atoms with van der Waals surface area (Å²) in [6, 6.07) is 5.15. The lowest BCUT2D eigenvalue weighted by Crippen LogP contribution is -2.40. The van der Waals surface area contributed by atoms with Crippen LogP contribution in [-0.2, 0) is 4.79 Å². The van der Waals surface area contributed by atoms with E-state index < -0.39 is 16.7 Å². The standard InChI is InChI=1S/C13H17N3O5/c1-2-3-8-15(9-12(17)14-19)13(18)10-4-6-11(7-5-10)16(20)21/h4-7,19H,2-3,8-9H2,1H3,(H,14,17). The molecule has 0 unspecified atom stereocenters. The Kier molecular flexibility index (Phi) is 6.28. The Bertz CT molecular complexity index is 515. The first-order chi connectivity index (χ1) is 9.99. The highest BCUT2D eigenvalue weighted by Crippen LogP contribution is 2.14. The van der Waals surface area contributed by atoms with Crippen molar-refractivity contribution in [3.05, 3.63) is 39.9 Å². The van der Waals surface area contributed by atoms with Crippen LogP contribution < -0.4 is 5.48 Å². The van der Waals surface area contributed by atoms with Crippen LogP contribution in [0.4, 0.5) is 5.69 Å². The summed E-state index contributed by atoms with van der Waals surface area (Å²) in [6.45, 7) is 2.03. The minimum absolute atomic E-state index is 0.111. The zero-order valence-electron chi connectivity index (χ0n) is 11.6. The molecule has 0 radical (unpaired) electrons. The van der Waals surface area contributed by atoms with Gasteiger partial charge in [-0.15, -0.1) is 0 Å². The van der Waals surface area contributed by atoms with Gasteiger partial charge in [-0.2, -0.15) is 0 Å². The minimum Gasteiger partial charge on any atom is -0.329 e. The van der Waals surface area contributed by atoms with Crippen molar-refractivity contribution in [2.24, 2.45) is 0 Å². The summed E-state index contributed by atoms with van der Waals surface area (Å²) < 4.78 is 0. The van der Waals surface area contributed by atoms with Gasteiger partial charge in [0, 0.05) is 24.2 Å². The third-order valence-corrected chi connectivity index (χ3v) is 2.85. The van der Waals surface area contributed by atoms with Gasteiger partial charge >= 0.3 is 0 Å². The van der Waals surface area contributed by atoms with E-state index in [9.17, 15) is 19.7 Å².